The lowest BCUT2D eigenvalue weighted by atomic mass is 9.97. The van der Waals surface area contributed by atoms with Gasteiger partial charge in [0.25, 0.3) is 0 Å². The maximum Gasteiger partial charge on any atom is 0.163 e. The minimum atomic E-state index is 0.112. The van der Waals surface area contributed by atoms with E-state index < -0.39 is 0 Å². The highest BCUT2D eigenvalue weighted by molar-refractivity contribution is 6.39. The van der Waals surface area contributed by atoms with Gasteiger partial charge in [-0.15, -0.1) is 0 Å². The van der Waals surface area contributed by atoms with Crippen molar-refractivity contribution in [2.24, 2.45) is 5.92 Å². The first-order valence-electron chi connectivity index (χ1n) is 5.85. The predicted molar refractivity (Wildman–Crippen MR) is 71.8 cm³/mol. The molecule has 0 amide bonds. The van der Waals surface area contributed by atoms with E-state index in [1.807, 2.05) is 0 Å². The lowest BCUT2D eigenvalue weighted by Crippen LogP contribution is -2.06. The van der Waals surface area contributed by atoms with Crippen molar-refractivity contribution in [2.45, 2.75) is 32.1 Å². The molecule has 0 atom stereocenters. The topological polar surface area (TPSA) is 43.1 Å². The summed E-state index contributed by atoms with van der Waals surface area (Å²) in [5.74, 6) is 0.637. The van der Waals surface area contributed by atoms with Crippen LogP contribution in [0, 0.1) is 5.92 Å². The van der Waals surface area contributed by atoms with E-state index in [9.17, 15) is 4.79 Å². The minimum Gasteiger partial charge on any atom is -0.396 e. The van der Waals surface area contributed by atoms with Gasteiger partial charge >= 0.3 is 0 Å². The van der Waals surface area contributed by atoms with E-state index >= 15 is 0 Å². The van der Waals surface area contributed by atoms with Crippen LogP contribution in [0.15, 0.2) is 12.1 Å². The second-order valence-corrected chi connectivity index (χ2v) is 5.45. The molecule has 0 heterocycles. The number of carbonyl (C=O) groups excluding carboxylic acids is 1. The Hall–Kier alpha value is -0.730. The number of nitrogen functional groups attached to an aromatic ring is 1. The third-order valence-corrected chi connectivity index (χ3v) is 3.98. The van der Waals surface area contributed by atoms with Crippen molar-refractivity contribution >= 4 is 34.7 Å². The summed E-state index contributed by atoms with van der Waals surface area (Å²) in [6.07, 6.45) is 5.38. The van der Waals surface area contributed by atoms with Crippen molar-refractivity contribution in [3.63, 3.8) is 0 Å². The number of carbonyl (C=O) groups is 1. The molecule has 2 nitrogen and oxygen atoms in total. The first-order valence-corrected chi connectivity index (χ1v) is 6.61. The van der Waals surface area contributed by atoms with Crippen LogP contribution in [-0.4, -0.2) is 5.78 Å². The van der Waals surface area contributed by atoms with Crippen LogP contribution in [0.5, 0.6) is 0 Å². The van der Waals surface area contributed by atoms with Gasteiger partial charge in [-0.25, -0.2) is 0 Å². The zero-order valence-corrected chi connectivity index (χ0v) is 11.0. The molecule has 2 N–H and O–H groups in total. The first-order chi connectivity index (χ1) is 8.08. The molecule has 0 saturated heterocycles. The lowest BCUT2D eigenvalue weighted by Gasteiger charge is -2.09. The summed E-state index contributed by atoms with van der Waals surface area (Å²) in [6, 6.07) is 3.22. The number of rotatable bonds is 3. The van der Waals surface area contributed by atoms with Crippen molar-refractivity contribution in [2.75, 3.05) is 5.73 Å². The van der Waals surface area contributed by atoms with Gasteiger partial charge in [0, 0.05) is 12.0 Å². The number of halogens is 2. The molecule has 1 aromatic rings. The Labute approximate surface area is 111 Å². The SMILES string of the molecule is Nc1c(Cl)cc(C(=O)CC2CCCC2)cc1Cl. The Morgan fingerprint density at radius 3 is 2.29 bits per heavy atom. The number of nitrogens with two attached hydrogens (primary N) is 1. The number of Topliss-reactive ketones (excluding diaryl/α,β-unsaturated/α-hetero) is 1. The second kappa shape index (κ2) is 5.28. The van der Waals surface area contributed by atoms with Gasteiger partial charge in [-0.1, -0.05) is 48.9 Å². The van der Waals surface area contributed by atoms with Crippen LogP contribution in [0.1, 0.15) is 42.5 Å². The summed E-state index contributed by atoms with van der Waals surface area (Å²) in [4.78, 5) is 12.1. The molecule has 1 aliphatic carbocycles. The number of ketones is 1. The standard InChI is InChI=1S/C13H15Cl2NO/c14-10-6-9(7-11(15)13(10)16)12(17)5-8-3-1-2-4-8/h6-8H,1-5,16H2. The van der Waals surface area contributed by atoms with E-state index in [4.69, 9.17) is 28.9 Å². The quantitative estimate of drug-likeness (QED) is 0.657. The monoisotopic (exact) mass is 271 g/mol. The Bertz CT molecular complexity index is 416. The fourth-order valence-electron chi connectivity index (χ4n) is 2.34. The van der Waals surface area contributed by atoms with E-state index in [1.54, 1.807) is 12.1 Å². The molecule has 1 aromatic carbocycles. The molecule has 2 rings (SSSR count). The Morgan fingerprint density at radius 2 is 1.76 bits per heavy atom. The highest BCUT2D eigenvalue weighted by atomic mass is 35.5. The second-order valence-electron chi connectivity index (χ2n) is 4.63. The predicted octanol–water partition coefficient (Wildman–Crippen LogP) is 4.34. The van der Waals surface area contributed by atoms with Gasteiger partial charge in [0.15, 0.2) is 5.78 Å². The van der Waals surface area contributed by atoms with E-state index in [0.717, 1.165) is 12.8 Å². The molecule has 1 fully saturated rings. The Morgan fingerprint density at radius 1 is 1.24 bits per heavy atom. The summed E-state index contributed by atoms with van der Waals surface area (Å²) < 4.78 is 0. The summed E-state index contributed by atoms with van der Waals surface area (Å²) >= 11 is 11.8. The van der Waals surface area contributed by atoms with Gasteiger partial charge < -0.3 is 5.73 Å². The van der Waals surface area contributed by atoms with Crippen molar-refractivity contribution < 1.29 is 4.79 Å². The van der Waals surface area contributed by atoms with Crippen molar-refractivity contribution in [3.05, 3.63) is 27.7 Å². The molecule has 1 saturated carbocycles. The van der Waals surface area contributed by atoms with Gasteiger partial charge in [0.1, 0.15) is 0 Å². The molecule has 0 aliphatic heterocycles. The molecule has 1 aliphatic rings. The van der Waals surface area contributed by atoms with Crippen molar-refractivity contribution in [1.82, 2.24) is 0 Å². The number of hydrogen-bond acceptors (Lipinski definition) is 2. The normalized spacial score (nSPS) is 16.4. The highest BCUT2D eigenvalue weighted by Gasteiger charge is 2.20. The maximum atomic E-state index is 12.1. The first kappa shape index (κ1) is 12.7. The largest absolute Gasteiger partial charge is 0.396 e. The van der Waals surface area contributed by atoms with Crippen molar-refractivity contribution in [1.29, 1.82) is 0 Å². The van der Waals surface area contributed by atoms with E-state index in [0.29, 0.717) is 33.6 Å². The highest BCUT2D eigenvalue weighted by Crippen LogP contribution is 2.32. The molecule has 0 spiro atoms. The smallest absolute Gasteiger partial charge is 0.163 e. The zero-order valence-electron chi connectivity index (χ0n) is 9.51. The average molecular weight is 272 g/mol. The molecule has 0 aromatic heterocycles. The molecule has 0 radical (unpaired) electrons. The number of hydrogen-bond donors (Lipinski definition) is 1. The van der Waals surface area contributed by atoms with E-state index in [1.165, 1.54) is 12.8 Å². The molecular formula is C13H15Cl2NO. The van der Waals surface area contributed by atoms with Gasteiger partial charge in [-0.3, -0.25) is 4.79 Å². The zero-order chi connectivity index (χ0) is 12.4. The van der Waals surface area contributed by atoms with Crippen LogP contribution in [-0.2, 0) is 0 Å². The van der Waals surface area contributed by atoms with Crippen LogP contribution < -0.4 is 5.73 Å². The van der Waals surface area contributed by atoms with Gasteiger partial charge in [-0.05, 0) is 18.1 Å². The number of anilines is 1. The molecule has 17 heavy (non-hydrogen) atoms. The van der Waals surface area contributed by atoms with E-state index in [-0.39, 0.29) is 5.78 Å². The van der Waals surface area contributed by atoms with Crippen LogP contribution in [0.25, 0.3) is 0 Å². The summed E-state index contributed by atoms with van der Waals surface area (Å²) in [7, 11) is 0. The van der Waals surface area contributed by atoms with Crippen LogP contribution in [0.3, 0.4) is 0 Å². The van der Waals surface area contributed by atoms with Crippen LogP contribution in [0.2, 0.25) is 10.0 Å². The van der Waals surface area contributed by atoms with E-state index in [2.05, 4.69) is 0 Å². The van der Waals surface area contributed by atoms with Gasteiger partial charge in [0.05, 0.1) is 15.7 Å². The summed E-state index contributed by atoms with van der Waals surface area (Å²) in [5, 5.41) is 0.708. The minimum absolute atomic E-state index is 0.112. The fraction of sp³-hybridized carbons (Fsp3) is 0.462. The molecule has 92 valence electrons. The van der Waals surface area contributed by atoms with Gasteiger partial charge in [0.2, 0.25) is 0 Å². The fourth-order valence-corrected chi connectivity index (χ4v) is 2.83. The average Bonchev–Trinajstić information content (AvgIpc) is 2.77. The summed E-state index contributed by atoms with van der Waals surface area (Å²) in [5.41, 5.74) is 6.55. The maximum absolute atomic E-state index is 12.1. The molecule has 0 unspecified atom stereocenters. The molecule has 4 heteroatoms. The van der Waals surface area contributed by atoms with Crippen molar-refractivity contribution in [3.8, 4) is 0 Å². The number of benzene rings is 1. The van der Waals surface area contributed by atoms with Crippen LogP contribution >= 0.6 is 23.2 Å². The summed E-state index contributed by atoms with van der Waals surface area (Å²) in [6.45, 7) is 0. The molecular weight excluding hydrogens is 257 g/mol. The third-order valence-electron chi connectivity index (χ3n) is 3.35. The van der Waals surface area contributed by atoms with Crippen LogP contribution in [0.4, 0.5) is 5.69 Å². The Kier molecular flexibility index (Phi) is 3.95. The lowest BCUT2D eigenvalue weighted by molar-refractivity contribution is 0.0962. The third kappa shape index (κ3) is 2.93. The molecule has 0 bridgehead atoms. The van der Waals surface area contributed by atoms with Gasteiger partial charge in [-0.2, -0.15) is 0 Å². The Balaban J connectivity index is 2.13.